The van der Waals surface area contributed by atoms with Crippen LogP contribution in [0.25, 0.3) is 21.9 Å². The normalized spacial score (nSPS) is 14.4. The van der Waals surface area contributed by atoms with E-state index in [9.17, 15) is 10.0 Å². The number of fused-ring (bicyclic) bond motifs is 3. The van der Waals surface area contributed by atoms with Crippen LogP contribution in [0.2, 0.25) is 0 Å². The van der Waals surface area contributed by atoms with Crippen LogP contribution in [0.15, 0.2) is 24.4 Å². The molecule has 8 heteroatoms. The Bertz CT molecular complexity index is 1090. The maximum atomic E-state index is 12.5. The highest BCUT2D eigenvalue weighted by molar-refractivity contribution is 6.01. The summed E-state index contributed by atoms with van der Waals surface area (Å²) in [5, 5.41) is 13.4. The summed E-state index contributed by atoms with van der Waals surface area (Å²) in [5.41, 5.74) is 2.27. The zero-order valence-corrected chi connectivity index (χ0v) is 19.0. The monoisotopic (exact) mass is 440 g/mol. The first-order chi connectivity index (χ1) is 15.6. The van der Waals surface area contributed by atoms with E-state index in [1.54, 1.807) is 12.3 Å². The van der Waals surface area contributed by atoms with Gasteiger partial charge in [0, 0.05) is 39.0 Å². The van der Waals surface area contributed by atoms with E-state index in [1.807, 2.05) is 24.1 Å². The molecule has 0 unspecified atom stereocenters. The number of pyridine rings is 1. The summed E-state index contributed by atoms with van der Waals surface area (Å²) < 4.78 is 14.2. The van der Waals surface area contributed by atoms with Crippen molar-refractivity contribution < 1.29 is 19.0 Å². The molecule has 32 heavy (non-hydrogen) atoms. The molecule has 1 aliphatic rings. The quantitative estimate of drug-likeness (QED) is 0.290. The number of carbonyl (C=O) groups is 1. The summed E-state index contributed by atoms with van der Waals surface area (Å²) in [6.45, 7) is 5.33. The van der Waals surface area contributed by atoms with Gasteiger partial charge in [0.2, 0.25) is 17.6 Å². The molecule has 0 N–H and O–H groups in total. The molecule has 0 spiro atoms. The molecule has 172 valence electrons. The number of nitrogens with zero attached hydrogens (tertiary/aromatic N) is 4. The lowest BCUT2D eigenvalue weighted by atomic mass is 10.2. The molecule has 3 heterocycles. The second kappa shape index (κ2) is 10.2. The fraction of sp³-hybridized carbons (Fsp3) is 0.542. The maximum Gasteiger partial charge on any atom is 0.226 e. The van der Waals surface area contributed by atoms with Crippen molar-refractivity contribution >= 4 is 27.8 Å². The number of rotatable bonds is 9. The third kappa shape index (κ3) is 4.80. The summed E-state index contributed by atoms with van der Waals surface area (Å²) in [5.74, 6) is 1.91. The lowest BCUT2D eigenvalue weighted by Crippen LogP contribution is -2.40. The van der Waals surface area contributed by atoms with Crippen LogP contribution in [0.4, 0.5) is 0 Å². The summed E-state index contributed by atoms with van der Waals surface area (Å²) >= 11 is 0. The van der Waals surface area contributed by atoms with E-state index in [4.69, 9.17) is 9.47 Å². The van der Waals surface area contributed by atoms with Gasteiger partial charge in [-0.3, -0.25) is 4.79 Å². The van der Waals surface area contributed by atoms with Gasteiger partial charge < -0.3 is 24.1 Å². The number of aromatic nitrogens is 3. The molecule has 0 saturated carbocycles. The molecule has 2 aromatic heterocycles. The van der Waals surface area contributed by atoms with Gasteiger partial charge >= 0.3 is 0 Å². The predicted molar refractivity (Wildman–Crippen MR) is 123 cm³/mol. The van der Waals surface area contributed by atoms with Gasteiger partial charge in [0.15, 0.2) is 5.52 Å². The highest BCUT2D eigenvalue weighted by Gasteiger charge is 2.18. The third-order valence-electron chi connectivity index (χ3n) is 6.09. The van der Waals surface area contributed by atoms with Crippen LogP contribution in [0.3, 0.4) is 0 Å². The molecule has 0 bridgehead atoms. The first-order valence-corrected chi connectivity index (χ1v) is 11.6. The number of carbonyl (C=O) groups excluding carboxylic acids is 1. The highest BCUT2D eigenvalue weighted by Crippen LogP contribution is 2.27. The molecule has 1 amide bonds. The molecule has 0 aliphatic carbocycles. The Labute approximate surface area is 188 Å². The molecular weight excluding hydrogens is 408 g/mol. The Morgan fingerprint density at radius 3 is 2.84 bits per heavy atom. The second-order valence-corrected chi connectivity index (χ2v) is 8.36. The number of unbranched alkanes of at least 4 members (excludes halogenated alkanes) is 2. The average Bonchev–Trinajstić information content (AvgIpc) is 3.12. The summed E-state index contributed by atoms with van der Waals surface area (Å²) in [4.78, 5) is 18.8. The van der Waals surface area contributed by atoms with Gasteiger partial charge in [-0.05, 0) is 31.4 Å². The van der Waals surface area contributed by atoms with Crippen molar-refractivity contribution in [3.8, 4) is 5.75 Å². The topological polar surface area (TPSA) is 83.5 Å². The van der Waals surface area contributed by atoms with Crippen molar-refractivity contribution in [1.29, 1.82) is 0 Å². The Balaban J connectivity index is 1.41. The van der Waals surface area contributed by atoms with Crippen LogP contribution in [0.5, 0.6) is 5.75 Å². The number of benzene rings is 1. The fourth-order valence-electron chi connectivity index (χ4n) is 4.24. The molecule has 0 atom stereocenters. The number of morpholine rings is 1. The smallest absolute Gasteiger partial charge is 0.226 e. The first-order valence-electron chi connectivity index (χ1n) is 11.6. The molecule has 0 radical (unpaired) electrons. The Morgan fingerprint density at radius 2 is 2.06 bits per heavy atom. The van der Waals surface area contributed by atoms with E-state index in [0.717, 1.165) is 59.3 Å². The number of aryl methyl sites for hydroxylation is 2. The van der Waals surface area contributed by atoms with E-state index in [1.165, 1.54) is 0 Å². The molecule has 1 aliphatic heterocycles. The molecule has 4 rings (SSSR count). The van der Waals surface area contributed by atoms with E-state index < -0.39 is 0 Å². The number of hydrogen-bond acceptors (Lipinski definition) is 5. The lowest BCUT2D eigenvalue weighted by Gasteiger charge is -2.26. The van der Waals surface area contributed by atoms with Crippen molar-refractivity contribution in [2.45, 2.75) is 45.4 Å². The van der Waals surface area contributed by atoms with E-state index in [0.29, 0.717) is 50.4 Å². The van der Waals surface area contributed by atoms with Crippen molar-refractivity contribution in [2.24, 2.45) is 7.05 Å². The highest BCUT2D eigenvalue weighted by atomic mass is 16.5. The van der Waals surface area contributed by atoms with Crippen LogP contribution in [-0.4, -0.2) is 53.3 Å². The zero-order chi connectivity index (χ0) is 22.5. The standard InChI is InChI=1S/C24H32N4O4/c1-3-4-7-22-25-20-17-28(30)21-10-9-18(16-19(21)24(20)26(22)2)32-13-6-5-8-23(29)27-11-14-31-15-12-27/h9-10,16-17H,3-8,11-15H2,1-2H3. The Kier molecular flexibility index (Phi) is 7.09. The number of imidazole rings is 1. The van der Waals surface area contributed by atoms with Gasteiger partial charge in [0.25, 0.3) is 0 Å². The minimum Gasteiger partial charge on any atom is -0.618 e. The second-order valence-electron chi connectivity index (χ2n) is 8.36. The van der Waals surface area contributed by atoms with Gasteiger partial charge in [-0.2, -0.15) is 4.73 Å². The van der Waals surface area contributed by atoms with E-state index in [2.05, 4.69) is 16.5 Å². The van der Waals surface area contributed by atoms with Crippen LogP contribution < -0.4 is 9.47 Å². The SMILES string of the molecule is CCCCc1nc2c[n+]([O-])c3ccc(OCCCCC(=O)N4CCOCC4)cc3c2n1C. The number of ether oxygens (including phenoxy) is 2. The Hall–Kier alpha value is -2.87. The summed E-state index contributed by atoms with van der Waals surface area (Å²) in [7, 11) is 2.01. The fourth-order valence-corrected chi connectivity index (χ4v) is 4.24. The summed E-state index contributed by atoms with van der Waals surface area (Å²) in [6.07, 6.45) is 6.73. The van der Waals surface area contributed by atoms with Crippen LogP contribution >= 0.6 is 0 Å². The first kappa shape index (κ1) is 22.3. The minimum absolute atomic E-state index is 0.191. The zero-order valence-electron chi connectivity index (χ0n) is 19.0. The number of hydrogen-bond donors (Lipinski definition) is 0. The molecule has 3 aromatic rings. The molecular formula is C24H32N4O4. The van der Waals surface area contributed by atoms with Crippen LogP contribution in [-0.2, 0) is 23.0 Å². The van der Waals surface area contributed by atoms with E-state index >= 15 is 0 Å². The van der Waals surface area contributed by atoms with Crippen molar-refractivity contribution in [3.63, 3.8) is 0 Å². The molecule has 1 fully saturated rings. The van der Waals surface area contributed by atoms with Crippen LogP contribution in [0.1, 0.15) is 44.9 Å². The van der Waals surface area contributed by atoms with Gasteiger partial charge in [-0.15, -0.1) is 0 Å². The maximum absolute atomic E-state index is 12.5. The molecule has 1 saturated heterocycles. The van der Waals surface area contributed by atoms with Gasteiger partial charge in [-0.1, -0.05) is 13.3 Å². The van der Waals surface area contributed by atoms with Crippen molar-refractivity contribution in [1.82, 2.24) is 14.5 Å². The van der Waals surface area contributed by atoms with Crippen LogP contribution in [0, 0.1) is 5.21 Å². The molecule has 1 aromatic carbocycles. The third-order valence-corrected chi connectivity index (χ3v) is 6.09. The summed E-state index contributed by atoms with van der Waals surface area (Å²) in [6, 6.07) is 5.56. The largest absolute Gasteiger partial charge is 0.618 e. The van der Waals surface area contributed by atoms with Gasteiger partial charge in [-0.25, -0.2) is 4.98 Å². The Morgan fingerprint density at radius 1 is 1.25 bits per heavy atom. The van der Waals surface area contributed by atoms with Gasteiger partial charge in [0.1, 0.15) is 11.6 Å². The van der Waals surface area contributed by atoms with Gasteiger partial charge in [0.05, 0.1) is 30.7 Å². The average molecular weight is 441 g/mol. The van der Waals surface area contributed by atoms with E-state index in [-0.39, 0.29) is 5.91 Å². The van der Waals surface area contributed by atoms with Crippen molar-refractivity contribution in [3.05, 3.63) is 35.4 Å². The number of amides is 1. The molecule has 8 nitrogen and oxygen atoms in total. The van der Waals surface area contributed by atoms with Crippen molar-refractivity contribution in [2.75, 3.05) is 32.9 Å². The lowest BCUT2D eigenvalue weighted by molar-refractivity contribution is -0.575. The predicted octanol–water partition coefficient (Wildman–Crippen LogP) is 3.11. The minimum atomic E-state index is 0.191.